The number of aromatic nitrogens is 1. The highest BCUT2D eigenvalue weighted by atomic mass is 32.1. The summed E-state index contributed by atoms with van der Waals surface area (Å²) >= 11 is 1.63. The lowest BCUT2D eigenvalue weighted by molar-refractivity contribution is -0.142. The lowest BCUT2D eigenvalue weighted by Gasteiger charge is -2.30. The third-order valence-corrected chi connectivity index (χ3v) is 5.29. The van der Waals surface area contributed by atoms with Gasteiger partial charge < -0.3 is 9.64 Å². The molecule has 1 saturated heterocycles. The third kappa shape index (κ3) is 4.04. The van der Waals surface area contributed by atoms with Crippen molar-refractivity contribution in [3.8, 4) is 0 Å². The molecule has 116 valence electrons. The van der Waals surface area contributed by atoms with Crippen molar-refractivity contribution in [2.45, 2.75) is 57.6 Å². The molecule has 1 amide bonds. The molecule has 2 aliphatic rings. The molecule has 3 rings (SSSR count). The van der Waals surface area contributed by atoms with Gasteiger partial charge in [-0.3, -0.25) is 4.79 Å². The van der Waals surface area contributed by atoms with E-state index in [9.17, 15) is 4.79 Å². The molecule has 2 heterocycles. The number of amides is 1. The maximum absolute atomic E-state index is 12.7. The second kappa shape index (κ2) is 7.36. The molecule has 21 heavy (non-hydrogen) atoms. The van der Waals surface area contributed by atoms with Gasteiger partial charge in [-0.15, -0.1) is 11.3 Å². The van der Waals surface area contributed by atoms with Crippen LogP contribution in [0.1, 0.15) is 50.0 Å². The van der Waals surface area contributed by atoms with E-state index in [0.717, 1.165) is 31.0 Å². The van der Waals surface area contributed by atoms with Crippen molar-refractivity contribution in [1.82, 2.24) is 9.88 Å². The summed E-state index contributed by atoms with van der Waals surface area (Å²) in [6.07, 6.45) is 9.96. The Morgan fingerprint density at radius 2 is 2.14 bits per heavy atom. The van der Waals surface area contributed by atoms with Crippen molar-refractivity contribution in [3.05, 3.63) is 16.6 Å². The van der Waals surface area contributed by atoms with Gasteiger partial charge in [-0.25, -0.2) is 4.98 Å². The van der Waals surface area contributed by atoms with Crippen molar-refractivity contribution in [1.29, 1.82) is 0 Å². The van der Waals surface area contributed by atoms with Crippen LogP contribution in [0.2, 0.25) is 0 Å². The zero-order valence-electron chi connectivity index (χ0n) is 12.5. The molecule has 0 unspecified atom stereocenters. The molecule has 2 fully saturated rings. The van der Waals surface area contributed by atoms with Gasteiger partial charge in [0.2, 0.25) is 0 Å². The first kappa shape index (κ1) is 15.0. The molecule has 1 aliphatic carbocycles. The standard InChI is InChI=1S/C16H24N2O2S/c19-16(14-7-4-9-20-14)18(12-15-17-8-10-21-15)11-13-5-2-1-3-6-13/h8,10,13-14H,1-7,9,11-12H2/t14-/m0/s1. The number of ether oxygens (including phenoxy) is 1. The van der Waals surface area contributed by atoms with Gasteiger partial charge in [-0.2, -0.15) is 0 Å². The van der Waals surface area contributed by atoms with Crippen LogP contribution in [0.15, 0.2) is 11.6 Å². The van der Waals surface area contributed by atoms with E-state index in [2.05, 4.69) is 4.98 Å². The number of nitrogens with zero attached hydrogens (tertiary/aromatic N) is 2. The Kier molecular flexibility index (Phi) is 5.25. The number of carbonyl (C=O) groups excluding carboxylic acids is 1. The van der Waals surface area contributed by atoms with Crippen molar-refractivity contribution in [2.75, 3.05) is 13.2 Å². The molecular formula is C16H24N2O2S. The normalized spacial score (nSPS) is 23.3. The number of thiazole rings is 1. The predicted octanol–water partition coefficient (Wildman–Crippen LogP) is 3.23. The Labute approximate surface area is 130 Å². The monoisotopic (exact) mass is 308 g/mol. The average molecular weight is 308 g/mol. The quantitative estimate of drug-likeness (QED) is 0.838. The molecule has 0 spiro atoms. The molecule has 1 aromatic heterocycles. The van der Waals surface area contributed by atoms with Crippen LogP contribution in [0.5, 0.6) is 0 Å². The topological polar surface area (TPSA) is 42.4 Å². The smallest absolute Gasteiger partial charge is 0.252 e. The molecule has 0 bridgehead atoms. The number of carbonyl (C=O) groups is 1. The molecule has 0 radical (unpaired) electrons. The minimum atomic E-state index is -0.214. The molecule has 4 nitrogen and oxygen atoms in total. The first-order valence-electron chi connectivity index (χ1n) is 8.11. The summed E-state index contributed by atoms with van der Waals surface area (Å²) in [7, 11) is 0. The van der Waals surface area contributed by atoms with E-state index in [1.54, 1.807) is 11.3 Å². The first-order valence-corrected chi connectivity index (χ1v) is 8.99. The fourth-order valence-corrected chi connectivity index (χ4v) is 4.02. The highest BCUT2D eigenvalue weighted by molar-refractivity contribution is 7.09. The Morgan fingerprint density at radius 1 is 1.29 bits per heavy atom. The second-order valence-corrected chi connectivity index (χ2v) is 7.13. The van der Waals surface area contributed by atoms with E-state index in [-0.39, 0.29) is 12.0 Å². The van der Waals surface area contributed by atoms with Gasteiger partial charge in [0.1, 0.15) is 11.1 Å². The third-order valence-electron chi connectivity index (χ3n) is 4.53. The van der Waals surface area contributed by atoms with Crippen LogP contribution >= 0.6 is 11.3 Å². The fourth-order valence-electron chi connectivity index (χ4n) is 3.38. The Morgan fingerprint density at radius 3 is 2.81 bits per heavy atom. The molecular weight excluding hydrogens is 284 g/mol. The Hall–Kier alpha value is -0.940. The van der Waals surface area contributed by atoms with Crippen LogP contribution in [0, 0.1) is 5.92 Å². The van der Waals surface area contributed by atoms with Gasteiger partial charge in [0.25, 0.3) is 5.91 Å². The van der Waals surface area contributed by atoms with Gasteiger partial charge in [0, 0.05) is 24.7 Å². The van der Waals surface area contributed by atoms with Gasteiger partial charge >= 0.3 is 0 Å². The van der Waals surface area contributed by atoms with E-state index in [0.29, 0.717) is 12.5 Å². The summed E-state index contributed by atoms with van der Waals surface area (Å²) < 4.78 is 5.60. The number of rotatable bonds is 5. The maximum atomic E-state index is 12.7. The molecule has 1 aliphatic heterocycles. The molecule has 0 N–H and O–H groups in total. The second-order valence-electron chi connectivity index (χ2n) is 6.15. The molecule has 1 aromatic rings. The minimum absolute atomic E-state index is 0.174. The van der Waals surface area contributed by atoms with E-state index >= 15 is 0 Å². The highest BCUT2D eigenvalue weighted by Gasteiger charge is 2.30. The van der Waals surface area contributed by atoms with Gasteiger partial charge in [-0.05, 0) is 31.6 Å². The predicted molar refractivity (Wildman–Crippen MR) is 83.1 cm³/mol. The Balaban J connectivity index is 1.65. The number of hydrogen-bond donors (Lipinski definition) is 0. The molecule has 5 heteroatoms. The zero-order chi connectivity index (χ0) is 14.5. The van der Waals surface area contributed by atoms with E-state index in [1.165, 1.54) is 32.1 Å². The Bertz CT molecular complexity index is 437. The fraction of sp³-hybridized carbons (Fsp3) is 0.750. The first-order chi connectivity index (χ1) is 10.3. The van der Waals surface area contributed by atoms with Gasteiger partial charge in [-0.1, -0.05) is 19.3 Å². The summed E-state index contributed by atoms with van der Waals surface area (Å²) in [5.74, 6) is 0.831. The summed E-state index contributed by atoms with van der Waals surface area (Å²) in [6.45, 7) is 2.25. The maximum Gasteiger partial charge on any atom is 0.252 e. The van der Waals surface area contributed by atoms with Crippen molar-refractivity contribution in [3.63, 3.8) is 0 Å². The summed E-state index contributed by atoms with van der Waals surface area (Å²) in [6, 6.07) is 0. The molecule has 1 saturated carbocycles. The highest BCUT2D eigenvalue weighted by Crippen LogP contribution is 2.26. The minimum Gasteiger partial charge on any atom is -0.368 e. The lowest BCUT2D eigenvalue weighted by atomic mass is 9.89. The molecule has 0 aromatic carbocycles. The number of hydrogen-bond acceptors (Lipinski definition) is 4. The van der Waals surface area contributed by atoms with Crippen LogP contribution in [0.25, 0.3) is 0 Å². The van der Waals surface area contributed by atoms with Crippen LogP contribution in [0.4, 0.5) is 0 Å². The zero-order valence-corrected chi connectivity index (χ0v) is 13.3. The van der Waals surface area contributed by atoms with E-state index < -0.39 is 0 Å². The van der Waals surface area contributed by atoms with Crippen molar-refractivity contribution in [2.24, 2.45) is 5.92 Å². The van der Waals surface area contributed by atoms with Crippen molar-refractivity contribution < 1.29 is 9.53 Å². The van der Waals surface area contributed by atoms with Crippen LogP contribution in [-0.2, 0) is 16.1 Å². The summed E-state index contributed by atoms with van der Waals surface area (Å²) in [5.41, 5.74) is 0. The average Bonchev–Trinajstić information content (AvgIpc) is 3.20. The van der Waals surface area contributed by atoms with E-state index in [4.69, 9.17) is 4.74 Å². The van der Waals surface area contributed by atoms with E-state index in [1.807, 2.05) is 16.5 Å². The van der Waals surface area contributed by atoms with Gasteiger partial charge in [0.15, 0.2) is 0 Å². The SMILES string of the molecule is O=C([C@@H]1CCCO1)N(Cc1nccs1)CC1CCCCC1. The largest absolute Gasteiger partial charge is 0.368 e. The van der Waals surface area contributed by atoms with Crippen LogP contribution in [0.3, 0.4) is 0 Å². The lowest BCUT2D eigenvalue weighted by Crippen LogP contribution is -2.41. The summed E-state index contributed by atoms with van der Waals surface area (Å²) in [5, 5.41) is 3.00. The van der Waals surface area contributed by atoms with Gasteiger partial charge in [0.05, 0.1) is 6.54 Å². The molecule has 1 atom stereocenters. The van der Waals surface area contributed by atoms with Crippen molar-refractivity contribution >= 4 is 17.2 Å². The summed E-state index contributed by atoms with van der Waals surface area (Å²) in [4.78, 5) is 19.1. The van der Waals surface area contributed by atoms with Crippen LogP contribution < -0.4 is 0 Å². The van der Waals surface area contributed by atoms with Crippen LogP contribution in [-0.4, -0.2) is 35.0 Å².